The summed E-state index contributed by atoms with van der Waals surface area (Å²) in [5.74, 6) is -1.46. The van der Waals surface area contributed by atoms with Gasteiger partial charge in [-0.25, -0.2) is 14.0 Å². The lowest BCUT2D eigenvalue weighted by atomic mass is 10.1. The number of carbonyl (C=O) groups excluding carboxylic acids is 1. The van der Waals surface area contributed by atoms with Gasteiger partial charge in [0.1, 0.15) is 11.9 Å². The van der Waals surface area contributed by atoms with E-state index in [-0.39, 0.29) is 12.4 Å². The van der Waals surface area contributed by atoms with Crippen LogP contribution in [0.3, 0.4) is 0 Å². The molecule has 1 aliphatic heterocycles. The van der Waals surface area contributed by atoms with Crippen LogP contribution in [0.25, 0.3) is 0 Å². The minimum atomic E-state index is -1.09. The molecule has 0 unspecified atom stereocenters. The Balaban J connectivity index is 2.17. The van der Waals surface area contributed by atoms with Crippen LogP contribution in [0, 0.1) is 5.82 Å². The standard InChI is InChI=1S/C14H16FNO4/c1-2-3-11-12(13(17)18)16(14(19)20-11)8-9-4-6-10(15)7-5-9/h4-7,11-12H,2-3,8H2,1H3,(H,17,18)/t11-,12+/m0/s1. The lowest BCUT2D eigenvalue weighted by Crippen LogP contribution is -2.42. The minimum Gasteiger partial charge on any atom is -0.480 e. The summed E-state index contributed by atoms with van der Waals surface area (Å²) in [6, 6.07) is 4.60. The number of benzene rings is 1. The van der Waals surface area contributed by atoms with Crippen LogP contribution in [0.2, 0.25) is 0 Å². The third kappa shape index (κ3) is 2.89. The fraction of sp³-hybridized carbons (Fsp3) is 0.429. The average Bonchev–Trinajstić information content (AvgIpc) is 2.69. The molecule has 0 aromatic heterocycles. The number of halogens is 1. The van der Waals surface area contributed by atoms with Crippen LogP contribution in [0.15, 0.2) is 24.3 Å². The number of rotatable bonds is 5. The number of carboxylic acids is 1. The van der Waals surface area contributed by atoms with Gasteiger partial charge in [-0.2, -0.15) is 0 Å². The van der Waals surface area contributed by atoms with Crippen molar-refractivity contribution in [2.75, 3.05) is 0 Å². The Morgan fingerprint density at radius 2 is 2.05 bits per heavy atom. The van der Waals surface area contributed by atoms with Crippen LogP contribution >= 0.6 is 0 Å². The van der Waals surface area contributed by atoms with Crippen molar-refractivity contribution in [1.82, 2.24) is 4.90 Å². The molecule has 1 aliphatic rings. The molecule has 1 amide bonds. The molecule has 2 atom stereocenters. The Kier molecular flexibility index (Phi) is 4.22. The number of nitrogens with zero attached hydrogens (tertiary/aromatic N) is 1. The summed E-state index contributed by atoms with van der Waals surface area (Å²) in [7, 11) is 0. The molecule has 0 saturated carbocycles. The number of carboxylic acid groups (broad SMARTS) is 1. The molecule has 108 valence electrons. The maximum Gasteiger partial charge on any atom is 0.411 e. The van der Waals surface area contributed by atoms with Gasteiger partial charge in [-0.3, -0.25) is 4.90 Å². The van der Waals surface area contributed by atoms with E-state index in [9.17, 15) is 19.1 Å². The first-order chi connectivity index (χ1) is 9.52. The molecule has 20 heavy (non-hydrogen) atoms. The van der Waals surface area contributed by atoms with Crippen LogP contribution in [0.5, 0.6) is 0 Å². The van der Waals surface area contributed by atoms with Crippen LogP contribution < -0.4 is 0 Å². The van der Waals surface area contributed by atoms with Crippen molar-refractivity contribution < 1.29 is 23.8 Å². The lowest BCUT2D eigenvalue weighted by molar-refractivity contribution is -0.143. The molecule has 6 heteroatoms. The van der Waals surface area contributed by atoms with E-state index >= 15 is 0 Å². The smallest absolute Gasteiger partial charge is 0.411 e. The highest BCUT2D eigenvalue weighted by molar-refractivity contribution is 5.83. The molecule has 0 bridgehead atoms. The van der Waals surface area contributed by atoms with Crippen LogP contribution in [-0.4, -0.2) is 34.2 Å². The van der Waals surface area contributed by atoms with E-state index in [1.807, 2.05) is 6.92 Å². The summed E-state index contributed by atoms with van der Waals surface area (Å²) >= 11 is 0. The van der Waals surface area contributed by atoms with Gasteiger partial charge < -0.3 is 9.84 Å². The molecular weight excluding hydrogens is 265 g/mol. The molecule has 1 saturated heterocycles. The summed E-state index contributed by atoms with van der Waals surface area (Å²) in [6.45, 7) is 1.99. The van der Waals surface area contributed by atoms with Crippen molar-refractivity contribution in [1.29, 1.82) is 0 Å². The first kappa shape index (κ1) is 14.3. The third-order valence-corrected chi connectivity index (χ3v) is 3.27. The molecule has 1 N–H and O–H groups in total. The second-order valence-corrected chi connectivity index (χ2v) is 4.75. The van der Waals surface area contributed by atoms with Gasteiger partial charge in [0, 0.05) is 0 Å². The predicted molar refractivity (Wildman–Crippen MR) is 68.5 cm³/mol. The number of cyclic esters (lactones) is 1. The average molecular weight is 281 g/mol. The van der Waals surface area contributed by atoms with E-state index in [1.54, 1.807) is 0 Å². The zero-order chi connectivity index (χ0) is 14.7. The topological polar surface area (TPSA) is 66.8 Å². The first-order valence-electron chi connectivity index (χ1n) is 6.47. The van der Waals surface area contributed by atoms with E-state index < -0.39 is 24.2 Å². The Bertz CT molecular complexity index is 502. The lowest BCUT2D eigenvalue weighted by Gasteiger charge is -2.20. The van der Waals surface area contributed by atoms with Crippen molar-refractivity contribution in [3.63, 3.8) is 0 Å². The monoisotopic (exact) mass is 281 g/mol. The van der Waals surface area contributed by atoms with Gasteiger partial charge in [-0.15, -0.1) is 0 Å². The predicted octanol–water partition coefficient (Wildman–Crippen LogP) is 2.40. The molecule has 1 aromatic rings. The highest BCUT2D eigenvalue weighted by atomic mass is 19.1. The van der Waals surface area contributed by atoms with Gasteiger partial charge in [-0.1, -0.05) is 25.5 Å². The molecule has 1 fully saturated rings. The number of aliphatic carboxylic acids is 1. The first-order valence-corrected chi connectivity index (χ1v) is 6.47. The zero-order valence-electron chi connectivity index (χ0n) is 11.1. The summed E-state index contributed by atoms with van der Waals surface area (Å²) < 4.78 is 18.0. The van der Waals surface area contributed by atoms with Crippen molar-refractivity contribution in [3.05, 3.63) is 35.6 Å². The van der Waals surface area contributed by atoms with Crippen LogP contribution in [0.1, 0.15) is 25.3 Å². The van der Waals surface area contributed by atoms with E-state index in [0.29, 0.717) is 12.0 Å². The van der Waals surface area contributed by atoms with Gasteiger partial charge in [0.2, 0.25) is 0 Å². The number of ether oxygens (including phenoxy) is 1. The second-order valence-electron chi connectivity index (χ2n) is 4.75. The van der Waals surface area contributed by atoms with Crippen LogP contribution in [0.4, 0.5) is 9.18 Å². The summed E-state index contributed by atoms with van der Waals surface area (Å²) in [5.41, 5.74) is 0.659. The number of hydrogen-bond donors (Lipinski definition) is 1. The molecule has 0 aliphatic carbocycles. The van der Waals surface area contributed by atoms with Crippen molar-refractivity contribution >= 4 is 12.1 Å². The highest BCUT2D eigenvalue weighted by Crippen LogP contribution is 2.25. The Hall–Kier alpha value is -2.11. The summed E-state index contributed by atoms with van der Waals surface area (Å²) in [5, 5.41) is 9.29. The Labute approximate surface area is 116 Å². The molecule has 1 aromatic carbocycles. The van der Waals surface area contributed by atoms with Gasteiger partial charge in [0.05, 0.1) is 6.54 Å². The third-order valence-electron chi connectivity index (χ3n) is 3.27. The van der Waals surface area contributed by atoms with E-state index in [4.69, 9.17) is 4.74 Å². The number of carbonyl (C=O) groups is 2. The number of amides is 1. The highest BCUT2D eigenvalue weighted by Gasteiger charge is 2.45. The van der Waals surface area contributed by atoms with E-state index in [2.05, 4.69) is 0 Å². The zero-order valence-corrected chi connectivity index (χ0v) is 11.1. The summed E-state index contributed by atoms with van der Waals surface area (Å²) in [6.07, 6.45) is -0.0417. The normalized spacial score (nSPS) is 21.9. The molecular formula is C14H16FNO4. The summed E-state index contributed by atoms with van der Waals surface area (Å²) in [4.78, 5) is 24.3. The molecule has 0 radical (unpaired) electrons. The Morgan fingerprint density at radius 3 is 2.60 bits per heavy atom. The maximum absolute atomic E-state index is 12.8. The Morgan fingerprint density at radius 1 is 1.40 bits per heavy atom. The second kappa shape index (κ2) is 5.90. The van der Waals surface area contributed by atoms with E-state index in [1.165, 1.54) is 29.2 Å². The van der Waals surface area contributed by atoms with Crippen molar-refractivity contribution in [2.24, 2.45) is 0 Å². The minimum absolute atomic E-state index is 0.0935. The van der Waals surface area contributed by atoms with Gasteiger partial charge in [-0.05, 0) is 24.1 Å². The van der Waals surface area contributed by atoms with Crippen molar-refractivity contribution in [3.8, 4) is 0 Å². The van der Waals surface area contributed by atoms with E-state index in [0.717, 1.165) is 6.42 Å². The molecule has 1 heterocycles. The maximum atomic E-state index is 12.8. The molecule has 2 rings (SSSR count). The number of hydrogen-bond acceptors (Lipinski definition) is 3. The largest absolute Gasteiger partial charge is 0.480 e. The van der Waals surface area contributed by atoms with Gasteiger partial charge in [0.15, 0.2) is 6.04 Å². The van der Waals surface area contributed by atoms with Gasteiger partial charge in [0.25, 0.3) is 0 Å². The van der Waals surface area contributed by atoms with Crippen LogP contribution in [-0.2, 0) is 16.1 Å². The van der Waals surface area contributed by atoms with Gasteiger partial charge >= 0.3 is 12.1 Å². The quantitative estimate of drug-likeness (QED) is 0.900. The fourth-order valence-corrected chi connectivity index (χ4v) is 2.32. The SMILES string of the molecule is CCC[C@@H]1OC(=O)N(Cc2ccc(F)cc2)[C@H]1C(=O)O. The molecule has 5 nitrogen and oxygen atoms in total. The molecule has 0 spiro atoms. The van der Waals surface area contributed by atoms with Crippen molar-refractivity contribution in [2.45, 2.75) is 38.5 Å². The fourth-order valence-electron chi connectivity index (χ4n) is 2.32.